The summed E-state index contributed by atoms with van der Waals surface area (Å²) in [6, 6.07) is 8.69. The molecular formula is C15H20N2S2. The van der Waals surface area contributed by atoms with Gasteiger partial charge in [0.15, 0.2) is 0 Å². The Balaban J connectivity index is 2.01. The van der Waals surface area contributed by atoms with Crippen LogP contribution in [0.15, 0.2) is 29.2 Å². The van der Waals surface area contributed by atoms with E-state index >= 15 is 0 Å². The minimum atomic E-state index is 0.927. The molecular weight excluding hydrogens is 272 g/mol. The molecule has 2 rings (SSSR count). The van der Waals surface area contributed by atoms with Crippen molar-refractivity contribution in [2.75, 3.05) is 7.05 Å². The van der Waals surface area contributed by atoms with Gasteiger partial charge in [0, 0.05) is 16.3 Å². The van der Waals surface area contributed by atoms with E-state index in [2.05, 4.69) is 43.4 Å². The third-order valence-corrected chi connectivity index (χ3v) is 5.18. The first kappa shape index (κ1) is 14.6. The number of hydrogen-bond acceptors (Lipinski definition) is 4. The van der Waals surface area contributed by atoms with Crippen LogP contribution in [0.3, 0.4) is 0 Å². The summed E-state index contributed by atoms with van der Waals surface area (Å²) >= 11 is 3.70. The highest BCUT2D eigenvalue weighted by Crippen LogP contribution is 2.27. The van der Waals surface area contributed by atoms with E-state index in [1.807, 2.05) is 30.1 Å². The lowest BCUT2D eigenvalue weighted by molar-refractivity contribution is 0.814. The van der Waals surface area contributed by atoms with E-state index in [-0.39, 0.29) is 0 Å². The van der Waals surface area contributed by atoms with Crippen LogP contribution in [0.5, 0.6) is 0 Å². The molecule has 0 saturated carbocycles. The highest BCUT2D eigenvalue weighted by Gasteiger charge is 2.09. The number of thioether (sulfide) groups is 1. The molecule has 0 radical (unpaired) electrons. The van der Waals surface area contributed by atoms with Gasteiger partial charge >= 0.3 is 0 Å². The second kappa shape index (κ2) is 7.08. The Kier molecular flexibility index (Phi) is 5.43. The lowest BCUT2D eigenvalue weighted by Gasteiger charge is -1.99. The SMILES string of the molecule is CCc1nc(CSc2ccc(C)cc2)sc1CNC. The Hall–Kier alpha value is -0.840. The summed E-state index contributed by atoms with van der Waals surface area (Å²) in [4.78, 5) is 7.43. The first-order valence-corrected chi connectivity index (χ1v) is 8.34. The summed E-state index contributed by atoms with van der Waals surface area (Å²) in [5.41, 5.74) is 2.56. The minimum Gasteiger partial charge on any atom is -0.315 e. The maximum absolute atomic E-state index is 4.74. The van der Waals surface area contributed by atoms with Gasteiger partial charge in [0.2, 0.25) is 0 Å². The van der Waals surface area contributed by atoms with E-state index in [0.717, 1.165) is 18.7 Å². The van der Waals surface area contributed by atoms with Crippen molar-refractivity contribution in [2.24, 2.45) is 0 Å². The second-order valence-electron chi connectivity index (χ2n) is 4.46. The van der Waals surface area contributed by atoms with Crippen LogP contribution in [-0.4, -0.2) is 12.0 Å². The molecule has 0 amide bonds. The molecule has 0 saturated heterocycles. The third-order valence-electron chi connectivity index (χ3n) is 2.88. The van der Waals surface area contributed by atoms with Gasteiger partial charge in [0.05, 0.1) is 11.4 Å². The quantitative estimate of drug-likeness (QED) is 0.814. The lowest BCUT2D eigenvalue weighted by atomic mass is 10.2. The van der Waals surface area contributed by atoms with Crippen LogP contribution >= 0.6 is 23.1 Å². The molecule has 102 valence electrons. The van der Waals surface area contributed by atoms with Gasteiger partial charge in [-0.1, -0.05) is 24.6 Å². The van der Waals surface area contributed by atoms with Crippen molar-refractivity contribution in [2.45, 2.75) is 37.5 Å². The molecule has 0 bridgehead atoms. The van der Waals surface area contributed by atoms with E-state index in [9.17, 15) is 0 Å². The van der Waals surface area contributed by atoms with Crippen molar-refractivity contribution in [3.8, 4) is 0 Å². The molecule has 0 aliphatic carbocycles. The highest BCUT2D eigenvalue weighted by atomic mass is 32.2. The fraction of sp³-hybridized carbons (Fsp3) is 0.400. The van der Waals surface area contributed by atoms with Gasteiger partial charge < -0.3 is 5.32 Å². The molecule has 0 unspecified atom stereocenters. The molecule has 1 N–H and O–H groups in total. The van der Waals surface area contributed by atoms with E-state index in [0.29, 0.717) is 0 Å². The number of nitrogens with one attached hydrogen (secondary N) is 1. The van der Waals surface area contributed by atoms with Crippen LogP contribution in [0.1, 0.15) is 28.1 Å². The number of aromatic nitrogens is 1. The van der Waals surface area contributed by atoms with Gasteiger partial charge in [-0.05, 0) is 32.5 Å². The summed E-state index contributed by atoms with van der Waals surface area (Å²) in [5.74, 6) is 0.963. The minimum absolute atomic E-state index is 0.927. The summed E-state index contributed by atoms with van der Waals surface area (Å²) < 4.78 is 0. The molecule has 19 heavy (non-hydrogen) atoms. The molecule has 2 aromatic rings. The van der Waals surface area contributed by atoms with Crippen LogP contribution < -0.4 is 5.32 Å². The summed E-state index contributed by atoms with van der Waals surface area (Å²) in [5, 5.41) is 4.45. The fourth-order valence-corrected chi connectivity index (χ4v) is 3.91. The topological polar surface area (TPSA) is 24.9 Å². The molecule has 0 atom stereocenters. The van der Waals surface area contributed by atoms with Crippen molar-refractivity contribution in [1.29, 1.82) is 0 Å². The maximum atomic E-state index is 4.74. The molecule has 0 aliphatic rings. The van der Waals surface area contributed by atoms with Crippen LogP contribution in [0, 0.1) is 6.92 Å². The van der Waals surface area contributed by atoms with Crippen LogP contribution in [0.25, 0.3) is 0 Å². The second-order valence-corrected chi connectivity index (χ2v) is 6.68. The van der Waals surface area contributed by atoms with Crippen molar-refractivity contribution >= 4 is 23.1 Å². The standard InChI is InChI=1S/C15H20N2S2/c1-4-13-14(9-16-3)19-15(17-13)10-18-12-7-5-11(2)6-8-12/h5-8,16H,4,9-10H2,1-3H3. The Bertz CT molecular complexity index is 517. The van der Waals surface area contributed by atoms with Gasteiger partial charge in [-0.2, -0.15) is 0 Å². The van der Waals surface area contributed by atoms with Crippen molar-refractivity contribution in [3.05, 3.63) is 45.4 Å². The Labute approximate surface area is 123 Å². The molecule has 1 heterocycles. The predicted molar refractivity (Wildman–Crippen MR) is 85.0 cm³/mol. The molecule has 0 spiro atoms. The monoisotopic (exact) mass is 292 g/mol. The number of benzene rings is 1. The number of hydrogen-bond donors (Lipinski definition) is 1. The zero-order valence-corrected chi connectivity index (χ0v) is 13.3. The maximum Gasteiger partial charge on any atom is 0.103 e. The molecule has 0 aliphatic heterocycles. The van der Waals surface area contributed by atoms with Crippen molar-refractivity contribution < 1.29 is 0 Å². The smallest absolute Gasteiger partial charge is 0.103 e. The molecule has 1 aromatic heterocycles. The average molecular weight is 292 g/mol. The van der Waals surface area contributed by atoms with Crippen molar-refractivity contribution in [3.63, 3.8) is 0 Å². The Morgan fingerprint density at radius 3 is 2.63 bits per heavy atom. The van der Waals surface area contributed by atoms with E-state index < -0.39 is 0 Å². The largest absolute Gasteiger partial charge is 0.315 e. The predicted octanol–water partition coefficient (Wildman–Crippen LogP) is 4.03. The summed E-state index contributed by atoms with van der Waals surface area (Å²) in [6.45, 7) is 5.22. The Morgan fingerprint density at radius 2 is 2.00 bits per heavy atom. The number of nitrogens with zero attached hydrogens (tertiary/aromatic N) is 1. The number of aryl methyl sites for hydroxylation is 2. The van der Waals surface area contributed by atoms with Gasteiger partial charge in [-0.15, -0.1) is 23.1 Å². The molecule has 4 heteroatoms. The van der Waals surface area contributed by atoms with E-state index in [4.69, 9.17) is 4.98 Å². The molecule has 2 nitrogen and oxygen atoms in total. The van der Waals surface area contributed by atoms with Gasteiger partial charge in [-0.25, -0.2) is 4.98 Å². The van der Waals surface area contributed by atoms with E-state index in [1.165, 1.54) is 26.0 Å². The van der Waals surface area contributed by atoms with Gasteiger partial charge in [0.25, 0.3) is 0 Å². The average Bonchev–Trinajstić information content (AvgIpc) is 2.81. The zero-order valence-electron chi connectivity index (χ0n) is 11.7. The van der Waals surface area contributed by atoms with Gasteiger partial charge in [-0.3, -0.25) is 0 Å². The van der Waals surface area contributed by atoms with E-state index in [1.54, 1.807) is 0 Å². The fourth-order valence-electron chi connectivity index (χ4n) is 1.85. The normalized spacial score (nSPS) is 10.9. The zero-order chi connectivity index (χ0) is 13.7. The first-order chi connectivity index (χ1) is 9.22. The van der Waals surface area contributed by atoms with Crippen molar-refractivity contribution in [1.82, 2.24) is 10.3 Å². The van der Waals surface area contributed by atoms with Crippen LogP contribution in [0.2, 0.25) is 0 Å². The van der Waals surface area contributed by atoms with Crippen LogP contribution in [-0.2, 0) is 18.7 Å². The summed E-state index contributed by atoms with van der Waals surface area (Å²) in [6.07, 6.45) is 1.02. The van der Waals surface area contributed by atoms with Gasteiger partial charge in [0.1, 0.15) is 5.01 Å². The molecule has 0 fully saturated rings. The first-order valence-electron chi connectivity index (χ1n) is 6.54. The summed E-state index contributed by atoms with van der Waals surface area (Å²) in [7, 11) is 1.99. The number of rotatable bonds is 6. The lowest BCUT2D eigenvalue weighted by Crippen LogP contribution is -2.05. The molecule has 1 aromatic carbocycles. The highest BCUT2D eigenvalue weighted by molar-refractivity contribution is 7.98. The Morgan fingerprint density at radius 1 is 1.26 bits per heavy atom. The number of thiazole rings is 1. The van der Waals surface area contributed by atoms with Crippen LogP contribution in [0.4, 0.5) is 0 Å². The third kappa shape index (κ3) is 4.06.